The average Bonchev–Trinajstić information content (AvgIpc) is 2.69. The fourth-order valence-electron chi connectivity index (χ4n) is 1.71. The Bertz CT molecular complexity index is 561. The van der Waals surface area contributed by atoms with Crippen LogP contribution in [0.1, 0.15) is 17.7 Å². The summed E-state index contributed by atoms with van der Waals surface area (Å²) in [6.07, 6.45) is 2.53. The molecule has 1 heterocycles. The third-order valence-electron chi connectivity index (χ3n) is 2.70. The minimum Gasteiger partial charge on any atom is -0.481 e. The van der Waals surface area contributed by atoms with E-state index in [0.29, 0.717) is 6.42 Å². The molecule has 0 spiro atoms. The lowest BCUT2D eigenvalue weighted by Gasteiger charge is -2.00. The number of benzene rings is 1. The van der Waals surface area contributed by atoms with Crippen LogP contribution >= 0.6 is 15.9 Å². The van der Waals surface area contributed by atoms with Crippen molar-refractivity contribution in [3.05, 3.63) is 46.2 Å². The Hall–Kier alpha value is -1.62. The maximum atomic E-state index is 10.6. The van der Waals surface area contributed by atoms with Crippen molar-refractivity contribution in [1.29, 1.82) is 0 Å². The first-order valence-corrected chi connectivity index (χ1v) is 6.38. The summed E-state index contributed by atoms with van der Waals surface area (Å²) in [5.74, 6) is -0.786. The van der Waals surface area contributed by atoms with Gasteiger partial charge in [-0.05, 0) is 43.2 Å². The summed E-state index contributed by atoms with van der Waals surface area (Å²) in [5.41, 5.74) is 2.81. The molecule has 0 amide bonds. The Morgan fingerprint density at radius 3 is 2.67 bits per heavy atom. The normalized spacial score (nSPS) is 10.6. The van der Waals surface area contributed by atoms with Crippen molar-refractivity contribution in [2.45, 2.75) is 19.8 Å². The van der Waals surface area contributed by atoms with Gasteiger partial charge in [-0.25, -0.2) is 4.68 Å². The molecule has 18 heavy (non-hydrogen) atoms. The van der Waals surface area contributed by atoms with E-state index < -0.39 is 5.97 Å². The average molecular weight is 309 g/mol. The van der Waals surface area contributed by atoms with Crippen LogP contribution in [0.15, 0.2) is 34.9 Å². The number of hydrogen-bond donors (Lipinski definition) is 1. The largest absolute Gasteiger partial charge is 0.481 e. The molecule has 0 aliphatic rings. The van der Waals surface area contributed by atoms with Crippen LogP contribution in [0.5, 0.6) is 0 Å². The molecule has 0 bridgehead atoms. The van der Waals surface area contributed by atoms with E-state index in [0.717, 1.165) is 21.4 Å². The van der Waals surface area contributed by atoms with Crippen molar-refractivity contribution in [2.24, 2.45) is 0 Å². The Morgan fingerprint density at radius 2 is 2.06 bits per heavy atom. The van der Waals surface area contributed by atoms with Gasteiger partial charge in [0.05, 0.1) is 11.4 Å². The van der Waals surface area contributed by atoms with Crippen LogP contribution in [-0.2, 0) is 11.2 Å². The van der Waals surface area contributed by atoms with E-state index in [1.807, 2.05) is 37.4 Å². The second kappa shape index (κ2) is 5.35. The molecule has 5 heteroatoms. The van der Waals surface area contributed by atoms with Gasteiger partial charge in [0, 0.05) is 17.1 Å². The minimum atomic E-state index is -0.786. The number of hydrogen-bond acceptors (Lipinski definition) is 2. The summed E-state index contributed by atoms with van der Waals surface area (Å²) in [6, 6.07) is 7.81. The number of aliphatic carboxylic acids is 1. The van der Waals surface area contributed by atoms with E-state index in [1.165, 1.54) is 0 Å². The van der Waals surface area contributed by atoms with Crippen molar-refractivity contribution in [3.8, 4) is 5.69 Å². The summed E-state index contributed by atoms with van der Waals surface area (Å²) in [5, 5.41) is 13.1. The van der Waals surface area contributed by atoms with E-state index in [4.69, 9.17) is 5.11 Å². The second-order valence-electron chi connectivity index (χ2n) is 4.05. The maximum Gasteiger partial charge on any atom is 0.303 e. The summed E-state index contributed by atoms with van der Waals surface area (Å²) in [7, 11) is 0. The first-order chi connectivity index (χ1) is 8.56. The Kier molecular flexibility index (Phi) is 3.81. The molecule has 0 fully saturated rings. The molecule has 2 aromatic rings. The van der Waals surface area contributed by atoms with Gasteiger partial charge in [0.15, 0.2) is 0 Å². The second-order valence-corrected chi connectivity index (χ2v) is 4.97. The van der Waals surface area contributed by atoms with E-state index in [1.54, 1.807) is 4.68 Å². The third-order valence-corrected chi connectivity index (χ3v) is 3.23. The zero-order valence-electron chi connectivity index (χ0n) is 9.93. The number of aromatic nitrogens is 2. The lowest BCUT2D eigenvalue weighted by molar-refractivity contribution is -0.136. The van der Waals surface area contributed by atoms with E-state index in [-0.39, 0.29) is 6.42 Å². The summed E-state index contributed by atoms with van der Waals surface area (Å²) >= 11 is 3.38. The highest BCUT2D eigenvalue weighted by Gasteiger charge is 2.08. The molecule has 0 aliphatic carbocycles. The molecule has 0 radical (unpaired) electrons. The number of carbonyl (C=O) groups is 1. The molecule has 0 saturated carbocycles. The fourth-order valence-corrected chi connectivity index (χ4v) is 1.97. The first-order valence-electron chi connectivity index (χ1n) is 5.59. The zero-order chi connectivity index (χ0) is 13.1. The number of rotatable bonds is 4. The number of carboxylic acids is 1. The molecule has 0 atom stereocenters. The first kappa shape index (κ1) is 12.8. The quantitative estimate of drug-likeness (QED) is 0.944. The highest BCUT2D eigenvalue weighted by molar-refractivity contribution is 9.10. The lowest BCUT2D eigenvalue weighted by Crippen LogP contribution is -1.97. The molecule has 4 nitrogen and oxygen atoms in total. The lowest BCUT2D eigenvalue weighted by atomic mass is 10.1. The van der Waals surface area contributed by atoms with Crippen LogP contribution in [0.3, 0.4) is 0 Å². The summed E-state index contributed by atoms with van der Waals surface area (Å²) in [4.78, 5) is 10.6. The Labute approximate surface area is 113 Å². The van der Waals surface area contributed by atoms with Gasteiger partial charge < -0.3 is 5.11 Å². The smallest absolute Gasteiger partial charge is 0.303 e. The van der Waals surface area contributed by atoms with Crippen LogP contribution in [0.25, 0.3) is 5.69 Å². The summed E-state index contributed by atoms with van der Waals surface area (Å²) < 4.78 is 2.79. The molecule has 94 valence electrons. The van der Waals surface area contributed by atoms with Crippen molar-refractivity contribution < 1.29 is 9.90 Å². The van der Waals surface area contributed by atoms with Gasteiger partial charge in [0.25, 0.3) is 0 Å². The van der Waals surface area contributed by atoms with Crippen LogP contribution in [-0.4, -0.2) is 20.9 Å². The van der Waals surface area contributed by atoms with Gasteiger partial charge >= 0.3 is 5.97 Å². The molecule has 2 rings (SSSR count). The fraction of sp³-hybridized carbons (Fsp3) is 0.231. The standard InChI is InChI=1S/C13H13BrN2O2/c1-9-10(2-7-13(17)18)8-16(15-9)12-5-3-11(14)4-6-12/h3-6,8H,2,7H2,1H3,(H,17,18). The van der Waals surface area contributed by atoms with Gasteiger partial charge in [-0.3, -0.25) is 4.79 Å². The number of nitrogens with zero attached hydrogens (tertiary/aromatic N) is 2. The topological polar surface area (TPSA) is 55.1 Å². The molecule has 1 N–H and O–H groups in total. The predicted octanol–water partition coefficient (Wildman–Crippen LogP) is 2.96. The molecule has 0 unspecified atom stereocenters. The third kappa shape index (κ3) is 2.98. The van der Waals surface area contributed by atoms with Gasteiger partial charge in [0.1, 0.15) is 0 Å². The van der Waals surface area contributed by atoms with E-state index in [2.05, 4.69) is 21.0 Å². The van der Waals surface area contributed by atoms with Crippen molar-refractivity contribution in [2.75, 3.05) is 0 Å². The molecule has 0 aliphatic heterocycles. The highest BCUT2D eigenvalue weighted by atomic mass is 79.9. The van der Waals surface area contributed by atoms with Crippen LogP contribution in [0.2, 0.25) is 0 Å². The molecule has 1 aromatic carbocycles. The maximum absolute atomic E-state index is 10.6. The van der Waals surface area contributed by atoms with Crippen molar-refractivity contribution in [3.63, 3.8) is 0 Å². The van der Waals surface area contributed by atoms with Gasteiger partial charge in [0.2, 0.25) is 0 Å². The van der Waals surface area contributed by atoms with Crippen molar-refractivity contribution >= 4 is 21.9 Å². The van der Waals surface area contributed by atoms with Gasteiger partial charge in [-0.15, -0.1) is 0 Å². The van der Waals surface area contributed by atoms with Crippen LogP contribution in [0, 0.1) is 6.92 Å². The number of aryl methyl sites for hydroxylation is 2. The monoisotopic (exact) mass is 308 g/mol. The minimum absolute atomic E-state index is 0.132. The molecular formula is C13H13BrN2O2. The van der Waals surface area contributed by atoms with E-state index >= 15 is 0 Å². The predicted molar refractivity (Wildman–Crippen MR) is 72.0 cm³/mol. The Morgan fingerprint density at radius 1 is 1.39 bits per heavy atom. The van der Waals surface area contributed by atoms with Gasteiger partial charge in [-0.2, -0.15) is 5.10 Å². The zero-order valence-corrected chi connectivity index (χ0v) is 11.5. The summed E-state index contributed by atoms with van der Waals surface area (Å²) in [6.45, 7) is 1.90. The molecular weight excluding hydrogens is 296 g/mol. The van der Waals surface area contributed by atoms with Crippen LogP contribution in [0.4, 0.5) is 0 Å². The molecule has 0 saturated heterocycles. The van der Waals surface area contributed by atoms with Crippen LogP contribution < -0.4 is 0 Å². The highest BCUT2D eigenvalue weighted by Crippen LogP contribution is 2.16. The number of halogens is 1. The van der Waals surface area contributed by atoms with Gasteiger partial charge in [-0.1, -0.05) is 15.9 Å². The van der Waals surface area contributed by atoms with Crippen molar-refractivity contribution in [1.82, 2.24) is 9.78 Å². The van der Waals surface area contributed by atoms with E-state index in [9.17, 15) is 4.79 Å². The molecule has 1 aromatic heterocycles. The number of carboxylic acid groups (broad SMARTS) is 1. The SMILES string of the molecule is Cc1nn(-c2ccc(Br)cc2)cc1CCC(=O)O. The Balaban J connectivity index is 2.22.